The molecule has 0 saturated heterocycles. The number of urea groups is 1. The zero-order valence-electron chi connectivity index (χ0n) is 13.0. The molecule has 6 heteroatoms. The number of aliphatic carboxylic acids is 1. The molecule has 0 bridgehead atoms. The third-order valence-corrected chi connectivity index (χ3v) is 4.73. The Morgan fingerprint density at radius 1 is 1.33 bits per heavy atom. The van der Waals surface area contributed by atoms with Crippen LogP contribution in [-0.2, 0) is 10.2 Å². The van der Waals surface area contributed by atoms with Crippen molar-refractivity contribution in [1.82, 2.24) is 10.6 Å². The van der Waals surface area contributed by atoms with Crippen molar-refractivity contribution in [2.45, 2.75) is 51.5 Å². The Balaban J connectivity index is 2.59. The number of hydrogen-bond donors (Lipinski definition) is 3. The average molecular weight is 312 g/mol. The molecule has 21 heavy (non-hydrogen) atoms. The molecule has 0 saturated carbocycles. The van der Waals surface area contributed by atoms with E-state index in [9.17, 15) is 14.7 Å². The maximum Gasteiger partial charge on any atom is 0.329 e. The molecule has 0 aliphatic heterocycles. The Labute approximate surface area is 129 Å². The fourth-order valence-corrected chi connectivity index (χ4v) is 2.92. The highest BCUT2D eigenvalue weighted by Gasteiger charge is 2.34. The molecule has 118 valence electrons. The van der Waals surface area contributed by atoms with Crippen LogP contribution in [0.3, 0.4) is 0 Å². The highest BCUT2D eigenvalue weighted by atomic mass is 32.1. The molecule has 1 aromatic rings. The summed E-state index contributed by atoms with van der Waals surface area (Å²) < 4.78 is 0. The maximum atomic E-state index is 12.0. The minimum atomic E-state index is -1.23. The Morgan fingerprint density at radius 2 is 2.00 bits per heavy atom. The molecule has 5 nitrogen and oxygen atoms in total. The number of thiophene rings is 1. The van der Waals surface area contributed by atoms with Gasteiger partial charge in [-0.2, -0.15) is 0 Å². The second kappa shape index (κ2) is 6.93. The van der Waals surface area contributed by atoms with Crippen molar-refractivity contribution in [3.63, 3.8) is 0 Å². The zero-order chi connectivity index (χ0) is 16.1. The monoisotopic (exact) mass is 312 g/mol. The van der Waals surface area contributed by atoms with Gasteiger partial charge in [0.05, 0.1) is 0 Å². The topological polar surface area (TPSA) is 78.4 Å². The van der Waals surface area contributed by atoms with Crippen molar-refractivity contribution in [3.8, 4) is 0 Å². The van der Waals surface area contributed by atoms with Crippen molar-refractivity contribution >= 4 is 23.3 Å². The molecule has 0 spiro atoms. The summed E-state index contributed by atoms with van der Waals surface area (Å²) in [6, 6.07) is 3.56. The molecule has 0 aliphatic rings. The molecular formula is C15H24N2O3S. The number of carbonyl (C=O) groups is 2. The third kappa shape index (κ3) is 4.74. The smallest absolute Gasteiger partial charge is 0.329 e. The first kappa shape index (κ1) is 17.5. The number of carboxylic acid groups (broad SMARTS) is 1. The van der Waals surface area contributed by atoms with Crippen molar-refractivity contribution in [2.24, 2.45) is 0 Å². The van der Waals surface area contributed by atoms with Gasteiger partial charge in [-0.15, -0.1) is 11.3 Å². The minimum Gasteiger partial charge on any atom is -0.480 e. The predicted octanol–water partition coefficient (Wildman–Crippen LogP) is 2.97. The van der Waals surface area contributed by atoms with E-state index in [1.807, 2.05) is 38.3 Å². The lowest BCUT2D eigenvalue weighted by Gasteiger charge is -2.28. The molecule has 3 N–H and O–H groups in total. The van der Waals surface area contributed by atoms with Gasteiger partial charge in [0.25, 0.3) is 0 Å². The molecular weight excluding hydrogens is 288 g/mol. The summed E-state index contributed by atoms with van der Waals surface area (Å²) in [7, 11) is 0. The van der Waals surface area contributed by atoms with Crippen LogP contribution in [0.4, 0.5) is 4.79 Å². The predicted molar refractivity (Wildman–Crippen MR) is 84.8 cm³/mol. The van der Waals surface area contributed by atoms with Crippen LogP contribution >= 0.6 is 11.3 Å². The van der Waals surface area contributed by atoms with E-state index >= 15 is 0 Å². The van der Waals surface area contributed by atoms with Crippen LogP contribution in [-0.4, -0.2) is 29.2 Å². The summed E-state index contributed by atoms with van der Waals surface area (Å²) in [4.78, 5) is 24.4. The van der Waals surface area contributed by atoms with Gasteiger partial charge in [0, 0.05) is 16.8 Å². The van der Waals surface area contributed by atoms with E-state index in [2.05, 4.69) is 10.6 Å². The zero-order valence-corrected chi connectivity index (χ0v) is 13.8. The first-order chi connectivity index (χ1) is 9.71. The molecule has 1 aromatic heterocycles. The standard InChI is InChI=1S/C15H24N2O3S/c1-5-8-15(4,12(18)19)17-13(20)16-10-14(2,3)11-7-6-9-21-11/h6-7,9H,5,8,10H2,1-4H3,(H,18,19)(H2,16,17,20). The van der Waals surface area contributed by atoms with Gasteiger partial charge in [0.1, 0.15) is 5.54 Å². The van der Waals surface area contributed by atoms with Crippen LogP contribution in [0.2, 0.25) is 0 Å². The van der Waals surface area contributed by atoms with E-state index in [1.165, 1.54) is 11.8 Å². The number of nitrogens with one attached hydrogen (secondary N) is 2. The minimum absolute atomic E-state index is 0.185. The molecule has 0 aromatic carbocycles. The van der Waals surface area contributed by atoms with Crippen LogP contribution in [0.15, 0.2) is 17.5 Å². The fraction of sp³-hybridized carbons (Fsp3) is 0.600. The van der Waals surface area contributed by atoms with Gasteiger partial charge in [-0.1, -0.05) is 33.3 Å². The SMILES string of the molecule is CCCC(C)(NC(=O)NCC(C)(C)c1cccs1)C(=O)O. The van der Waals surface area contributed by atoms with Crippen molar-refractivity contribution in [1.29, 1.82) is 0 Å². The molecule has 0 radical (unpaired) electrons. The molecule has 0 fully saturated rings. The fourth-order valence-electron chi connectivity index (χ4n) is 2.07. The van der Waals surface area contributed by atoms with Crippen molar-refractivity contribution < 1.29 is 14.7 Å². The highest BCUT2D eigenvalue weighted by Crippen LogP contribution is 2.26. The Morgan fingerprint density at radius 3 is 2.48 bits per heavy atom. The molecule has 0 aliphatic carbocycles. The van der Waals surface area contributed by atoms with Gasteiger partial charge in [-0.25, -0.2) is 9.59 Å². The summed E-state index contributed by atoms with van der Waals surface area (Å²) in [6.07, 6.45) is 1.08. The van der Waals surface area contributed by atoms with Gasteiger partial charge in [-0.3, -0.25) is 0 Å². The first-order valence-electron chi connectivity index (χ1n) is 7.04. The third-order valence-electron chi connectivity index (χ3n) is 3.49. The van der Waals surface area contributed by atoms with Gasteiger partial charge in [0.2, 0.25) is 0 Å². The van der Waals surface area contributed by atoms with Crippen molar-refractivity contribution in [2.75, 3.05) is 6.54 Å². The number of hydrogen-bond acceptors (Lipinski definition) is 3. The van der Waals surface area contributed by atoms with Gasteiger partial charge < -0.3 is 15.7 Å². The van der Waals surface area contributed by atoms with Gasteiger partial charge >= 0.3 is 12.0 Å². The van der Waals surface area contributed by atoms with Crippen LogP contribution in [0, 0.1) is 0 Å². The van der Waals surface area contributed by atoms with E-state index < -0.39 is 17.5 Å². The second-order valence-electron chi connectivity index (χ2n) is 6.06. The molecule has 1 rings (SSSR count). The molecule has 1 unspecified atom stereocenters. The van der Waals surface area contributed by atoms with E-state index in [4.69, 9.17) is 0 Å². The summed E-state index contributed by atoms with van der Waals surface area (Å²) in [5.74, 6) is -1.02. The quantitative estimate of drug-likeness (QED) is 0.724. The molecule has 1 heterocycles. The summed E-state index contributed by atoms with van der Waals surface area (Å²) in [6.45, 7) is 7.95. The highest BCUT2D eigenvalue weighted by molar-refractivity contribution is 7.10. The van der Waals surface area contributed by atoms with Gasteiger partial charge in [0.15, 0.2) is 0 Å². The van der Waals surface area contributed by atoms with Crippen LogP contribution < -0.4 is 10.6 Å². The average Bonchev–Trinajstić information content (AvgIpc) is 2.91. The lowest BCUT2D eigenvalue weighted by molar-refractivity contribution is -0.144. The van der Waals surface area contributed by atoms with Gasteiger partial charge in [-0.05, 0) is 24.8 Å². The normalized spacial score (nSPS) is 14.3. The maximum absolute atomic E-state index is 12.0. The lowest BCUT2D eigenvalue weighted by atomic mass is 9.91. The molecule has 1 atom stereocenters. The van der Waals surface area contributed by atoms with E-state index in [0.717, 1.165) is 0 Å². The largest absolute Gasteiger partial charge is 0.480 e. The Bertz CT molecular complexity index is 485. The first-order valence-corrected chi connectivity index (χ1v) is 7.92. The number of carbonyl (C=O) groups excluding carboxylic acids is 1. The van der Waals surface area contributed by atoms with E-state index in [1.54, 1.807) is 11.3 Å². The summed E-state index contributed by atoms with van der Waals surface area (Å²) in [5, 5.41) is 16.6. The van der Waals surface area contributed by atoms with E-state index in [-0.39, 0.29) is 5.41 Å². The summed E-state index contributed by atoms with van der Waals surface area (Å²) in [5.41, 5.74) is -1.41. The van der Waals surface area contributed by atoms with Crippen LogP contribution in [0.1, 0.15) is 45.4 Å². The second-order valence-corrected chi connectivity index (χ2v) is 7.00. The number of rotatable bonds is 7. The van der Waals surface area contributed by atoms with Crippen LogP contribution in [0.5, 0.6) is 0 Å². The number of carboxylic acids is 1. The van der Waals surface area contributed by atoms with Crippen LogP contribution in [0.25, 0.3) is 0 Å². The van der Waals surface area contributed by atoms with E-state index in [0.29, 0.717) is 19.4 Å². The summed E-state index contributed by atoms with van der Waals surface area (Å²) >= 11 is 1.64. The molecule has 2 amide bonds. The Hall–Kier alpha value is -1.56. The van der Waals surface area contributed by atoms with Crippen molar-refractivity contribution in [3.05, 3.63) is 22.4 Å². The number of amides is 2. The Kier molecular flexibility index (Phi) is 5.78. The lowest BCUT2D eigenvalue weighted by Crippen LogP contribution is -2.56.